The van der Waals surface area contributed by atoms with Crippen LogP contribution in [0.25, 0.3) is 11.4 Å². The number of rotatable bonds is 7. The summed E-state index contributed by atoms with van der Waals surface area (Å²) in [6, 6.07) is 16.0. The number of carbonyl (C=O) groups is 2. The molecule has 1 aliphatic rings. The van der Waals surface area contributed by atoms with Gasteiger partial charge in [0.2, 0.25) is 11.8 Å². The number of nitrogens with zero attached hydrogens (tertiary/aromatic N) is 4. The maximum Gasteiger partial charge on any atom is 0.235 e. The molecule has 172 valence electrons. The second-order valence-corrected chi connectivity index (χ2v) is 9.45. The van der Waals surface area contributed by atoms with E-state index in [4.69, 9.17) is 5.73 Å². The molecule has 1 saturated heterocycles. The second-order valence-electron chi connectivity index (χ2n) is 8.15. The van der Waals surface area contributed by atoms with E-state index < -0.39 is 0 Å². The normalized spacial score (nSPS) is 15.4. The molecule has 2 heterocycles. The van der Waals surface area contributed by atoms with Crippen LogP contribution in [0.2, 0.25) is 0 Å². The van der Waals surface area contributed by atoms with Crippen LogP contribution < -0.4 is 5.73 Å². The first-order valence-electron chi connectivity index (χ1n) is 10.9. The number of piperidine rings is 1. The highest BCUT2D eigenvalue weighted by atomic mass is 32.2. The van der Waals surface area contributed by atoms with Crippen LogP contribution in [-0.4, -0.2) is 49.8 Å². The van der Waals surface area contributed by atoms with Gasteiger partial charge in [-0.15, -0.1) is 10.2 Å². The van der Waals surface area contributed by atoms with Gasteiger partial charge in [0, 0.05) is 24.6 Å². The van der Waals surface area contributed by atoms with Crippen LogP contribution in [-0.2, 0) is 16.1 Å². The van der Waals surface area contributed by atoms with Gasteiger partial charge in [0.05, 0.1) is 11.8 Å². The first kappa shape index (κ1) is 23.0. The van der Waals surface area contributed by atoms with Crippen LogP contribution >= 0.6 is 11.8 Å². The Labute approximate surface area is 196 Å². The molecule has 1 aliphatic heterocycles. The molecule has 2 N–H and O–H groups in total. The van der Waals surface area contributed by atoms with Crippen molar-refractivity contribution in [3.8, 4) is 11.4 Å². The minimum Gasteiger partial charge on any atom is -0.369 e. The average molecular weight is 468 g/mol. The van der Waals surface area contributed by atoms with Gasteiger partial charge in [0.15, 0.2) is 11.0 Å². The topological polar surface area (TPSA) is 94.1 Å². The minimum absolute atomic E-state index is 0.000476. The number of amides is 2. The largest absolute Gasteiger partial charge is 0.369 e. The smallest absolute Gasteiger partial charge is 0.235 e. The number of halogens is 1. The van der Waals surface area contributed by atoms with Gasteiger partial charge in [-0.25, -0.2) is 4.39 Å². The molecule has 0 aliphatic carbocycles. The molecule has 9 heteroatoms. The third-order valence-electron chi connectivity index (χ3n) is 5.84. The zero-order chi connectivity index (χ0) is 23.4. The highest BCUT2D eigenvalue weighted by Crippen LogP contribution is 2.29. The lowest BCUT2D eigenvalue weighted by Gasteiger charge is -2.32. The third kappa shape index (κ3) is 5.42. The zero-order valence-electron chi connectivity index (χ0n) is 18.4. The van der Waals surface area contributed by atoms with Crippen LogP contribution in [0.5, 0.6) is 0 Å². The lowest BCUT2D eigenvalue weighted by Crippen LogP contribution is -2.44. The molecular formula is C24H26FN5O2S. The Balaban J connectivity index is 1.54. The van der Waals surface area contributed by atoms with E-state index in [2.05, 4.69) is 10.2 Å². The van der Waals surface area contributed by atoms with E-state index in [1.54, 1.807) is 17.0 Å². The highest BCUT2D eigenvalue weighted by molar-refractivity contribution is 8.00. The number of aromatic nitrogens is 3. The first-order valence-corrected chi connectivity index (χ1v) is 11.8. The van der Waals surface area contributed by atoms with Gasteiger partial charge in [0.1, 0.15) is 5.82 Å². The maximum atomic E-state index is 13.4. The molecule has 0 bridgehead atoms. The number of benzene rings is 2. The number of primary amides is 1. The van der Waals surface area contributed by atoms with Crippen molar-refractivity contribution in [1.29, 1.82) is 0 Å². The summed E-state index contributed by atoms with van der Waals surface area (Å²) in [6.45, 7) is 3.42. The fraction of sp³-hybridized carbons (Fsp3) is 0.333. The van der Waals surface area contributed by atoms with Crippen molar-refractivity contribution < 1.29 is 14.0 Å². The van der Waals surface area contributed by atoms with Gasteiger partial charge in [0.25, 0.3) is 0 Å². The molecule has 7 nitrogen and oxygen atoms in total. The summed E-state index contributed by atoms with van der Waals surface area (Å²) in [7, 11) is 0. The van der Waals surface area contributed by atoms with Gasteiger partial charge >= 0.3 is 0 Å². The van der Waals surface area contributed by atoms with E-state index in [0.29, 0.717) is 43.5 Å². The number of carbonyl (C=O) groups excluding carboxylic acids is 2. The monoisotopic (exact) mass is 467 g/mol. The summed E-state index contributed by atoms with van der Waals surface area (Å²) in [5.74, 6) is -0.165. The predicted octanol–water partition coefficient (Wildman–Crippen LogP) is 3.34. The van der Waals surface area contributed by atoms with Gasteiger partial charge in [-0.2, -0.15) is 0 Å². The molecule has 1 fully saturated rings. The lowest BCUT2D eigenvalue weighted by atomic mass is 9.96. The number of thioether (sulfide) groups is 1. The van der Waals surface area contributed by atoms with E-state index in [0.717, 1.165) is 11.1 Å². The molecular weight excluding hydrogens is 441 g/mol. The Kier molecular flexibility index (Phi) is 7.08. The average Bonchev–Trinajstić information content (AvgIpc) is 3.21. The van der Waals surface area contributed by atoms with Crippen LogP contribution in [0, 0.1) is 11.7 Å². The van der Waals surface area contributed by atoms with Crippen molar-refractivity contribution in [1.82, 2.24) is 19.7 Å². The van der Waals surface area contributed by atoms with Crippen molar-refractivity contribution in [2.45, 2.75) is 36.7 Å². The SMILES string of the molecule is CC(Sc1nnc(-c2ccc(F)cc2)n1Cc1ccccc1)C(=O)N1CCC(C(N)=O)CC1. The Hall–Kier alpha value is -3.20. The Morgan fingerprint density at radius 1 is 1.09 bits per heavy atom. The van der Waals surface area contributed by atoms with Crippen molar-refractivity contribution in [3.63, 3.8) is 0 Å². The van der Waals surface area contributed by atoms with E-state index in [-0.39, 0.29) is 28.8 Å². The molecule has 1 unspecified atom stereocenters. The number of hydrogen-bond donors (Lipinski definition) is 1. The van der Waals surface area contributed by atoms with E-state index in [1.165, 1.54) is 23.9 Å². The summed E-state index contributed by atoms with van der Waals surface area (Å²) < 4.78 is 15.4. The van der Waals surface area contributed by atoms with Crippen LogP contribution in [0.1, 0.15) is 25.3 Å². The Bertz CT molecular complexity index is 1110. The van der Waals surface area contributed by atoms with Gasteiger partial charge in [-0.1, -0.05) is 42.1 Å². The standard InChI is InChI=1S/C24H26FN5O2S/c1-16(23(32)29-13-11-18(12-14-29)21(26)31)33-24-28-27-22(19-7-9-20(25)10-8-19)30(24)15-17-5-3-2-4-6-17/h2-10,16,18H,11-15H2,1H3,(H2,26,31). The zero-order valence-corrected chi connectivity index (χ0v) is 19.2. The number of likely N-dealkylation sites (tertiary alicyclic amines) is 1. The lowest BCUT2D eigenvalue weighted by molar-refractivity contribution is -0.134. The first-order chi connectivity index (χ1) is 15.9. The van der Waals surface area contributed by atoms with Crippen LogP contribution in [0.3, 0.4) is 0 Å². The van der Waals surface area contributed by atoms with Crippen molar-refractivity contribution in [2.75, 3.05) is 13.1 Å². The molecule has 33 heavy (non-hydrogen) atoms. The minimum atomic E-state index is -0.380. The molecule has 1 aromatic heterocycles. The summed E-state index contributed by atoms with van der Waals surface area (Å²) in [6.07, 6.45) is 1.19. The third-order valence-corrected chi connectivity index (χ3v) is 6.91. The van der Waals surface area contributed by atoms with Gasteiger partial charge < -0.3 is 10.6 Å². The molecule has 0 spiro atoms. The number of hydrogen-bond acceptors (Lipinski definition) is 5. The fourth-order valence-electron chi connectivity index (χ4n) is 3.95. The predicted molar refractivity (Wildman–Crippen MR) is 125 cm³/mol. The summed E-state index contributed by atoms with van der Waals surface area (Å²) in [4.78, 5) is 26.2. The van der Waals surface area contributed by atoms with E-state index >= 15 is 0 Å². The molecule has 4 rings (SSSR count). The van der Waals surface area contributed by atoms with Crippen molar-refractivity contribution in [2.24, 2.45) is 11.7 Å². The molecule has 0 saturated carbocycles. The van der Waals surface area contributed by atoms with E-state index in [1.807, 2.05) is 41.8 Å². The second kappa shape index (κ2) is 10.2. The fourth-order valence-corrected chi connectivity index (χ4v) is 4.88. The van der Waals surface area contributed by atoms with E-state index in [9.17, 15) is 14.0 Å². The summed E-state index contributed by atoms with van der Waals surface area (Å²) in [5.41, 5.74) is 7.22. The summed E-state index contributed by atoms with van der Waals surface area (Å²) in [5, 5.41) is 8.96. The summed E-state index contributed by atoms with van der Waals surface area (Å²) >= 11 is 1.35. The van der Waals surface area contributed by atoms with Gasteiger partial charge in [-0.3, -0.25) is 14.2 Å². The van der Waals surface area contributed by atoms with Gasteiger partial charge in [-0.05, 0) is 49.6 Å². The van der Waals surface area contributed by atoms with Crippen LogP contribution in [0.15, 0.2) is 59.8 Å². The Morgan fingerprint density at radius 2 is 1.76 bits per heavy atom. The maximum absolute atomic E-state index is 13.4. The molecule has 1 atom stereocenters. The Morgan fingerprint density at radius 3 is 2.39 bits per heavy atom. The quantitative estimate of drug-likeness (QED) is 0.538. The molecule has 2 aromatic carbocycles. The van der Waals surface area contributed by atoms with Crippen molar-refractivity contribution in [3.05, 3.63) is 66.0 Å². The van der Waals surface area contributed by atoms with Crippen LogP contribution in [0.4, 0.5) is 4.39 Å². The van der Waals surface area contributed by atoms with Crippen molar-refractivity contribution >= 4 is 23.6 Å². The number of nitrogens with two attached hydrogens (primary N) is 1. The highest BCUT2D eigenvalue weighted by Gasteiger charge is 2.30. The molecule has 0 radical (unpaired) electrons. The molecule has 3 aromatic rings. The molecule has 2 amide bonds.